The predicted molar refractivity (Wildman–Crippen MR) is 69.9 cm³/mol. The van der Waals surface area contributed by atoms with Gasteiger partial charge in [-0.05, 0) is 26.3 Å². The molecule has 0 bridgehead atoms. The minimum absolute atomic E-state index is 0.772. The Kier molecular flexibility index (Phi) is 6.13. The summed E-state index contributed by atoms with van der Waals surface area (Å²) in [6, 6.07) is 3.89. The third-order valence-corrected chi connectivity index (χ3v) is 2.45. The van der Waals surface area contributed by atoms with Crippen LogP contribution in [0.5, 0.6) is 5.75 Å². The van der Waals surface area contributed by atoms with Crippen molar-refractivity contribution in [1.29, 1.82) is 0 Å². The lowest BCUT2D eigenvalue weighted by Crippen LogP contribution is -2.15. The van der Waals surface area contributed by atoms with Gasteiger partial charge in [0.2, 0.25) is 0 Å². The summed E-state index contributed by atoms with van der Waals surface area (Å²) in [5, 5.41) is 3.35. The van der Waals surface area contributed by atoms with E-state index in [2.05, 4.69) is 16.2 Å². The number of rotatable bonds is 7. The van der Waals surface area contributed by atoms with Crippen LogP contribution in [0.15, 0.2) is 12.1 Å². The van der Waals surface area contributed by atoms with Gasteiger partial charge in [-0.1, -0.05) is 0 Å². The lowest BCUT2D eigenvalue weighted by Gasteiger charge is -2.07. The van der Waals surface area contributed by atoms with Crippen LogP contribution in [0.1, 0.15) is 30.7 Å². The van der Waals surface area contributed by atoms with Crippen molar-refractivity contribution in [2.45, 2.75) is 32.7 Å². The molecule has 1 N–H and O–H groups in total. The van der Waals surface area contributed by atoms with Crippen molar-refractivity contribution in [1.82, 2.24) is 10.3 Å². The quantitative estimate of drug-likeness (QED) is 0.578. The van der Waals surface area contributed by atoms with Crippen molar-refractivity contribution >= 4 is 0 Å². The summed E-state index contributed by atoms with van der Waals surface area (Å²) in [4.78, 5) is 4.44. The van der Waals surface area contributed by atoms with Gasteiger partial charge in [0.05, 0.1) is 12.8 Å². The lowest BCUT2D eigenvalue weighted by molar-refractivity contribution is 0.412. The molecule has 0 saturated carbocycles. The first-order valence-electron chi connectivity index (χ1n) is 5.92. The van der Waals surface area contributed by atoms with E-state index >= 15 is 0 Å². The lowest BCUT2D eigenvalue weighted by atomic mass is 10.2. The average Bonchev–Trinajstić information content (AvgIpc) is 2.33. The minimum atomic E-state index is 0.772. The molecule has 0 unspecified atom stereocenters. The molecule has 17 heavy (non-hydrogen) atoms. The largest absolute Gasteiger partial charge is 0.497 e. The maximum atomic E-state index is 5.21. The third kappa shape index (κ3) is 5.37. The number of terminal acetylenes is 1. The fourth-order valence-corrected chi connectivity index (χ4v) is 1.60. The molecule has 0 radical (unpaired) electrons. The Morgan fingerprint density at radius 3 is 2.94 bits per heavy atom. The number of hydrogen-bond acceptors (Lipinski definition) is 3. The van der Waals surface area contributed by atoms with Crippen LogP contribution < -0.4 is 10.1 Å². The third-order valence-electron chi connectivity index (χ3n) is 2.45. The molecule has 0 spiro atoms. The van der Waals surface area contributed by atoms with E-state index in [0.29, 0.717) is 0 Å². The van der Waals surface area contributed by atoms with Crippen molar-refractivity contribution in [3.05, 3.63) is 23.5 Å². The topological polar surface area (TPSA) is 34.1 Å². The highest BCUT2D eigenvalue weighted by atomic mass is 16.5. The molecule has 1 aromatic rings. The molecule has 0 fully saturated rings. The molecule has 0 aromatic carbocycles. The fourth-order valence-electron chi connectivity index (χ4n) is 1.60. The number of nitrogens with zero attached hydrogens (tertiary/aromatic N) is 1. The van der Waals surface area contributed by atoms with Crippen molar-refractivity contribution in [3.8, 4) is 18.1 Å². The predicted octanol–water partition coefficient (Wildman–Crippen LogP) is 2.29. The van der Waals surface area contributed by atoms with Gasteiger partial charge in [-0.2, -0.15) is 0 Å². The average molecular weight is 232 g/mol. The Balaban J connectivity index is 2.31. The molecule has 0 atom stereocenters. The Bertz CT molecular complexity index is 382. The summed E-state index contributed by atoms with van der Waals surface area (Å²) in [6.07, 6.45) is 8.23. The Labute approximate surface area is 104 Å². The molecule has 1 aromatic heterocycles. The Morgan fingerprint density at radius 1 is 1.41 bits per heavy atom. The molecule has 0 aliphatic rings. The second kappa shape index (κ2) is 7.70. The second-order valence-corrected chi connectivity index (χ2v) is 3.98. The van der Waals surface area contributed by atoms with Gasteiger partial charge in [-0.25, -0.2) is 0 Å². The summed E-state index contributed by atoms with van der Waals surface area (Å²) in [6.45, 7) is 3.71. The molecule has 0 amide bonds. The van der Waals surface area contributed by atoms with E-state index in [-0.39, 0.29) is 0 Å². The first-order chi connectivity index (χ1) is 8.26. The molecule has 3 nitrogen and oxygen atoms in total. The van der Waals surface area contributed by atoms with Crippen molar-refractivity contribution in [2.24, 2.45) is 0 Å². The van der Waals surface area contributed by atoms with Crippen molar-refractivity contribution in [2.75, 3.05) is 13.7 Å². The first-order valence-corrected chi connectivity index (χ1v) is 5.92. The van der Waals surface area contributed by atoms with Crippen molar-refractivity contribution in [3.63, 3.8) is 0 Å². The van der Waals surface area contributed by atoms with Crippen LogP contribution in [-0.4, -0.2) is 18.6 Å². The number of nitrogens with one attached hydrogen (secondary N) is 1. The highest BCUT2D eigenvalue weighted by Crippen LogP contribution is 2.12. The van der Waals surface area contributed by atoms with Crippen LogP contribution in [0.2, 0.25) is 0 Å². The first kappa shape index (κ1) is 13.5. The molecular formula is C14H20N2O. The van der Waals surface area contributed by atoms with Gasteiger partial charge in [0.25, 0.3) is 0 Å². The Hall–Kier alpha value is -1.53. The van der Waals surface area contributed by atoms with Gasteiger partial charge >= 0.3 is 0 Å². The van der Waals surface area contributed by atoms with Gasteiger partial charge in [-0.3, -0.25) is 4.98 Å². The number of ether oxygens (including phenoxy) is 1. The maximum absolute atomic E-state index is 5.21. The standard InChI is InChI=1S/C14H20N2O/c1-4-5-6-7-8-15-11-13-10-14(17-3)9-12(2)16-13/h1,9-10,15H,5-8,11H2,2-3H3. The zero-order chi connectivity index (χ0) is 12.5. The number of aryl methyl sites for hydroxylation is 1. The van der Waals surface area contributed by atoms with E-state index in [9.17, 15) is 0 Å². The van der Waals surface area contributed by atoms with Crippen LogP contribution in [-0.2, 0) is 6.54 Å². The summed E-state index contributed by atoms with van der Waals surface area (Å²) in [5.41, 5.74) is 1.99. The van der Waals surface area contributed by atoms with Gasteiger partial charge in [0, 0.05) is 30.8 Å². The molecule has 0 saturated heterocycles. The van der Waals surface area contributed by atoms with E-state index < -0.39 is 0 Å². The maximum Gasteiger partial charge on any atom is 0.122 e. The highest BCUT2D eigenvalue weighted by molar-refractivity contribution is 5.26. The van der Waals surface area contributed by atoms with Gasteiger partial charge in [0.1, 0.15) is 5.75 Å². The zero-order valence-electron chi connectivity index (χ0n) is 10.6. The van der Waals surface area contributed by atoms with E-state index in [1.165, 1.54) is 0 Å². The monoisotopic (exact) mass is 232 g/mol. The summed E-state index contributed by atoms with van der Waals surface area (Å²) in [5.74, 6) is 3.50. The molecule has 1 heterocycles. The van der Waals surface area contributed by atoms with Crippen LogP contribution in [0.4, 0.5) is 0 Å². The van der Waals surface area contributed by atoms with Crippen LogP contribution in [0.3, 0.4) is 0 Å². The summed E-state index contributed by atoms with van der Waals surface area (Å²) in [7, 11) is 1.67. The molecule has 0 aliphatic heterocycles. The normalized spacial score (nSPS) is 9.94. The molecular weight excluding hydrogens is 212 g/mol. The van der Waals surface area contributed by atoms with Crippen molar-refractivity contribution < 1.29 is 4.74 Å². The second-order valence-electron chi connectivity index (χ2n) is 3.98. The van der Waals surface area contributed by atoms with E-state index in [4.69, 9.17) is 11.2 Å². The van der Waals surface area contributed by atoms with Gasteiger partial charge in [0.15, 0.2) is 0 Å². The van der Waals surface area contributed by atoms with Crippen LogP contribution in [0, 0.1) is 19.3 Å². The fraction of sp³-hybridized carbons (Fsp3) is 0.500. The molecule has 0 aliphatic carbocycles. The number of aromatic nitrogens is 1. The number of unbranched alkanes of at least 4 members (excludes halogenated alkanes) is 2. The molecule has 3 heteroatoms. The number of methoxy groups -OCH3 is 1. The number of hydrogen-bond donors (Lipinski definition) is 1. The smallest absolute Gasteiger partial charge is 0.122 e. The van der Waals surface area contributed by atoms with E-state index in [1.807, 2.05) is 19.1 Å². The van der Waals surface area contributed by atoms with E-state index in [1.54, 1.807) is 7.11 Å². The van der Waals surface area contributed by atoms with Crippen LogP contribution >= 0.6 is 0 Å². The molecule has 92 valence electrons. The SMILES string of the molecule is C#CCCCCNCc1cc(OC)cc(C)n1. The molecule has 1 rings (SSSR count). The highest BCUT2D eigenvalue weighted by Gasteiger charge is 1.99. The van der Waals surface area contributed by atoms with E-state index in [0.717, 1.165) is 49.5 Å². The van der Waals surface area contributed by atoms with Crippen LogP contribution in [0.25, 0.3) is 0 Å². The summed E-state index contributed by atoms with van der Waals surface area (Å²) < 4.78 is 5.21. The van der Waals surface area contributed by atoms with Gasteiger partial charge in [-0.15, -0.1) is 12.3 Å². The summed E-state index contributed by atoms with van der Waals surface area (Å²) >= 11 is 0. The Morgan fingerprint density at radius 2 is 2.24 bits per heavy atom. The minimum Gasteiger partial charge on any atom is -0.497 e. The zero-order valence-corrected chi connectivity index (χ0v) is 10.6. The number of pyridine rings is 1. The van der Waals surface area contributed by atoms with Gasteiger partial charge < -0.3 is 10.1 Å².